The van der Waals surface area contributed by atoms with Gasteiger partial charge in [0.2, 0.25) is 10.0 Å². The Morgan fingerprint density at radius 1 is 1.19 bits per heavy atom. The first-order valence-corrected chi connectivity index (χ1v) is 9.04. The molecule has 0 radical (unpaired) electrons. The van der Waals surface area contributed by atoms with Crippen LogP contribution >= 0.6 is 11.3 Å². The smallest absolute Gasteiger partial charge is 0.250 e. The van der Waals surface area contributed by atoms with Gasteiger partial charge in [-0.1, -0.05) is 43.3 Å². The number of hydrogen-bond acceptors (Lipinski definition) is 4. The molecule has 1 aromatic heterocycles. The van der Waals surface area contributed by atoms with Gasteiger partial charge in [0.05, 0.1) is 0 Å². The fraction of sp³-hybridized carbons (Fsp3) is 0.333. The maximum Gasteiger partial charge on any atom is 0.250 e. The minimum absolute atomic E-state index is 0.199. The van der Waals surface area contributed by atoms with Crippen LogP contribution in [0, 0.1) is 0 Å². The molecule has 0 aliphatic carbocycles. The maximum atomic E-state index is 12.2. The third-order valence-corrected chi connectivity index (χ3v) is 6.37. The summed E-state index contributed by atoms with van der Waals surface area (Å²) in [5.41, 5.74) is 0.301. The van der Waals surface area contributed by atoms with Crippen molar-refractivity contribution in [1.82, 2.24) is 4.72 Å². The molecule has 0 bridgehead atoms. The van der Waals surface area contributed by atoms with Gasteiger partial charge in [0.25, 0.3) is 0 Å². The molecule has 0 spiro atoms. The zero-order valence-electron chi connectivity index (χ0n) is 12.1. The van der Waals surface area contributed by atoms with Gasteiger partial charge in [-0.05, 0) is 23.4 Å². The number of nitrogens with one attached hydrogen (secondary N) is 1. The molecule has 4 nitrogen and oxygen atoms in total. The van der Waals surface area contributed by atoms with E-state index in [9.17, 15) is 8.42 Å². The van der Waals surface area contributed by atoms with E-state index in [1.165, 1.54) is 11.3 Å². The Kier molecular flexibility index (Phi) is 5.16. The highest BCUT2D eigenvalue weighted by atomic mass is 32.2. The van der Waals surface area contributed by atoms with Crippen molar-refractivity contribution in [3.05, 3.63) is 53.4 Å². The molecule has 0 unspecified atom stereocenters. The van der Waals surface area contributed by atoms with E-state index in [-0.39, 0.29) is 6.54 Å². The van der Waals surface area contributed by atoms with Crippen LogP contribution in [0.2, 0.25) is 0 Å². The number of ether oxygens (including phenoxy) is 1. The quantitative estimate of drug-likeness (QED) is 0.851. The molecule has 1 N–H and O–H groups in total. The number of rotatable bonds is 7. The Morgan fingerprint density at radius 3 is 2.43 bits per heavy atom. The van der Waals surface area contributed by atoms with Gasteiger partial charge < -0.3 is 4.74 Å². The van der Waals surface area contributed by atoms with Crippen molar-refractivity contribution in [3.8, 4) is 0 Å². The first-order chi connectivity index (χ1) is 10.0. The Morgan fingerprint density at radius 2 is 1.90 bits per heavy atom. The van der Waals surface area contributed by atoms with E-state index in [0.29, 0.717) is 10.6 Å². The van der Waals surface area contributed by atoms with Crippen molar-refractivity contribution >= 4 is 21.4 Å². The van der Waals surface area contributed by atoms with Crippen LogP contribution in [0.3, 0.4) is 0 Å². The lowest BCUT2D eigenvalue weighted by Gasteiger charge is -2.32. The predicted octanol–water partition coefficient (Wildman–Crippen LogP) is 2.98. The molecule has 2 aromatic rings. The molecule has 21 heavy (non-hydrogen) atoms. The normalized spacial score (nSPS) is 14.8. The van der Waals surface area contributed by atoms with Gasteiger partial charge in [-0.25, -0.2) is 13.1 Å². The first-order valence-electron chi connectivity index (χ1n) is 6.68. The Balaban J connectivity index is 2.22. The minimum atomic E-state index is -3.49. The fourth-order valence-corrected chi connectivity index (χ4v) is 4.33. The van der Waals surface area contributed by atoms with Crippen molar-refractivity contribution in [2.75, 3.05) is 13.7 Å². The van der Waals surface area contributed by atoms with E-state index in [1.807, 2.05) is 37.3 Å². The zero-order chi connectivity index (χ0) is 15.3. The fourth-order valence-electron chi connectivity index (χ4n) is 2.21. The van der Waals surface area contributed by atoms with Gasteiger partial charge in [-0.15, -0.1) is 11.3 Å². The van der Waals surface area contributed by atoms with Gasteiger partial charge in [0.15, 0.2) is 0 Å². The topological polar surface area (TPSA) is 55.4 Å². The lowest BCUT2D eigenvalue weighted by Crippen LogP contribution is -2.41. The predicted molar refractivity (Wildman–Crippen MR) is 84.9 cm³/mol. The van der Waals surface area contributed by atoms with E-state index in [0.717, 1.165) is 5.56 Å². The van der Waals surface area contributed by atoms with Crippen LogP contribution < -0.4 is 4.72 Å². The summed E-state index contributed by atoms with van der Waals surface area (Å²) in [5, 5.41) is 1.75. The molecule has 1 aromatic carbocycles. The summed E-state index contributed by atoms with van der Waals surface area (Å²) < 4.78 is 33.1. The van der Waals surface area contributed by atoms with Gasteiger partial charge in [0.1, 0.15) is 9.81 Å². The second-order valence-electron chi connectivity index (χ2n) is 4.67. The molecule has 0 aliphatic rings. The highest BCUT2D eigenvalue weighted by Gasteiger charge is 2.32. The highest BCUT2D eigenvalue weighted by Crippen LogP contribution is 2.29. The molecule has 114 valence electrons. The summed E-state index contributed by atoms with van der Waals surface area (Å²) in [6.45, 7) is 2.18. The van der Waals surface area contributed by atoms with Crippen molar-refractivity contribution in [1.29, 1.82) is 0 Å². The van der Waals surface area contributed by atoms with Gasteiger partial charge in [-0.2, -0.15) is 0 Å². The zero-order valence-corrected chi connectivity index (χ0v) is 13.7. The standard InChI is InChI=1S/C15H19NO3S2/c1-3-15(19-2,13-8-5-4-6-9-13)12-16-21(17,18)14-10-7-11-20-14/h4-11,16H,3,12H2,1-2H3/t15-/m1/s1. The number of methoxy groups -OCH3 is 1. The molecule has 6 heteroatoms. The molecular weight excluding hydrogens is 306 g/mol. The number of hydrogen-bond donors (Lipinski definition) is 1. The summed E-state index contributed by atoms with van der Waals surface area (Å²) in [6, 6.07) is 13.0. The molecule has 1 atom stereocenters. The third kappa shape index (κ3) is 3.52. The summed E-state index contributed by atoms with van der Waals surface area (Å²) in [4.78, 5) is 0. The van der Waals surface area contributed by atoms with Gasteiger partial charge in [0, 0.05) is 13.7 Å². The van der Waals surface area contributed by atoms with E-state index in [1.54, 1.807) is 24.6 Å². The monoisotopic (exact) mass is 325 g/mol. The van der Waals surface area contributed by atoms with Crippen LogP contribution in [0.1, 0.15) is 18.9 Å². The van der Waals surface area contributed by atoms with Gasteiger partial charge in [-0.3, -0.25) is 0 Å². The van der Waals surface area contributed by atoms with Crippen molar-refractivity contribution < 1.29 is 13.2 Å². The van der Waals surface area contributed by atoms with Crippen LogP contribution in [0.25, 0.3) is 0 Å². The SMILES string of the molecule is CC[C@](CNS(=O)(=O)c1cccs1)(OC)c1ccccc1. The summed E-state index contributed by atoms with van der Waals surface area (Å²) in [6.07, 6.45) is 0.667. The molecule has 0 saturated heterocycles. The van der Waals surface area contributed by atoms with Crippen LogP contribution in [0.15, 0.2) is 52.1 Å². The number of thiophene rings is 1. The van der Waals surface area contributed by atoms with Crippen LogP contribution in [-0.2, 0) is 20.4 Å². The maximum absolute atomic E-state index is 12.2. The third-order valence-electron chi connectivity index (χ3n) is 3.57. The minimum Gasteiger partial charge on any atom is -0.372 e. The van der Waals surface area contributed by atoms with Crippen molar-refractivity contribution in [2.24, 2.45) is 0 Å². The highest BCUT2D eigenvalue weighted by molar-refractivity contribution is 7.91. The Hall–Kier alpha value is -1.21. The molecule has 0 saturated carbocycles. The first kappa shape index (κ1) is 16.2. The lowest BCUT2D eigenvalue weighted by molar-refractivity contribution is -0.0133. The summed E-state index contributed by atoms with van der Waals surface area (Å²) in [5.74, 6) is 0. The molecular formula is C15H19NO3S2. The van der Waals surface area contributed by atoms with Crippen molar-refractivity contribution in [2.45, 2.75) is 23.2 Å². The summed E-state index contributed by atoms with van der Waals surface area (Å²) >= 11 is 1.20. The van der Waals surface area contributed by atoms with Crippen LogP contribution in [-0.4, -0.2) is 22.1 Å². The second-order valence-corrected chi connectivity index (χ2v) is 7.62. The van der Waals surface area contributed by atoms with E-state index >= 15 is 0 Å². The second kappa shape index (κ2) is 6.70. The van der Waals surface area contributed by atoms with E-state index < -0.39 is 15.6 Å². The lowest BCUT2D eigenvalue weighted by atomic mass is 9.91. The number of benzene rings is 1. The Bertz CT molecular complexity index is 647. The Labute approximate surface area is 129 Å². The van der Waals surface area contributed by atoms with Crippen LogP contribution in [0.4, 0.5) is 0 Å². The molecule has 0 amide bonds. The molecule has 2 rings (SSSR count). The van der Waals surface area contributed by atoms with E-state index in [2.05, 4.69) is 4.72 Å². The largest absolute Gasteiger partial charge is 0.372 e. The van der Waals surface area contributed by atoms with Crippen LogP contribution in [0.5, 0.6) is 0 Å². The molecule has 0 fully saturated rings. The van der Waals surface area contributed by atoms with Crippen molar-refractivity contribution in [3.63, 3.8) is 0 Å². The van der Waals surface area contributed by atoms with E-state index in [4.69, 9.17) is 4.74 Å². The average molecular weight is 325 g/mol. The van der Waals surface area contributed by atoms with Gasteiger partial charge >= 0.3 is 0 Å². The summed E-state index contributed by atoms with van der Waals surface area (Å²) in [7, 11) is -1.88. The molecule has 1 heterocycles. The number of sulfonamides is 1. The average Bonchev–Trinajstić information content (AvgIpc) is 3.05. The molecule has 0 aliphatic heterocycles.